The number of nitrogens with one attached hydrogen (secondary N) is 2. The summed E-state index contributed by atoms with van der Waals surface area (Å²) in [5.74, 6) is 0.567. The van der Waals surface area contributed by atoms with Crippen LogP contribution in [0.3, 0.4) is 0 Å². The van der Waals surface area contributed by atoms with Crippen molar-refractivity contribution in [1.82, 2.24) is 15.2 Å². The Bertz CT molecular complexity index is 1050. The van der Waals surface area contributed by atoms with Crippen LogP contribution < -0.4 is 0 Å². The van der Waals surface area contributed by atoms with Crippen LogP contribution in [-0.4, -0.2) is 143 Å². The van der Waals surface area contributed by atoms with Gasteiger partial charge in [0.15, 0.2) is 0 Å². The molecule has 22 nitrogen and oxygen atoms in total. The number of ether oxygens (including phenoxy) is 1. The predicted molar refractivity (Wildman–Crippen MR) is 137 cm³/mol. The Hall–Kier alpha value is 0.118. The molecule has 10 N–H and O–H groups in total. The Morgan fingerprint density at radius 1 is 0.829 bits per heavy atom. The molecule has 4 unspecified atom stereocenters. The first-order valence-electron chi connectivity index (χ1n) is 11.6. The van der Waals surface area contributed by atoms with Crippen LogP contribution in [0.15, 0.2) is 0 Å². The molecule has 1 aromatic heterocycles. The second-order valence-corrected chi connectivity index (χ2v) is 25.9. The lowest BCUT2D eigenvalue weighted by molar-refractivity contribution is -0.0953. The number of H-pyrrole nitrogens is 2. The minimum atomic E-state index is -5.39. The topological polar surface area (TPSA) is 308 Å². The van der Waals surface area contributed by atoms with Crippen LogP contribution in [-0.2, 0) is 52.6 Å². The largest absolute Gasteiger partial charge is 0.662 e. The number of aromatic amines is 2. The number of aryl methyl sites for hydroxylation is 1. The van der Waals surface area contributed by atoms with Crippen molar-refractivity contribution in [3.8, 4) is 0 Å². The first-order valence-corrected chi connectivity index (χ1v) is 24.6. The van der Waals surface area contributed by atoms with E-state index >= 15 is 0 Å². The molecule has 41 heavy (non-hydrogen) atoms. The third-order valence-electron chi connectivity index (χ3n) is 5.14. The first-order chi connectivity index (χ1) is 18.8. The fourth-order valence-corrected chi connectivity index (χ4v) is 28.8. The zero-order valence-corrected chi connectivity index (χ0v) is 29.1. The molecule has 0 saturated carbocycles. The van der Waals surface area contributed by atoms with Crippen LogP contribution in [0.5, 0.6) is 0 Å². The van der Waals surface area contributed by atoms with Gasteiger partial charge in [0.05, 0.1) is 12.7 Å². The van der Waals surface area contributed by atoms with Crippen molar-refractivity contribution in [2.24, 2.45) is 0 Å². The molecule has 1 aromatic rings. The van der Waals surface area contributed by atoms with Gasteiger partial charge in [0, 0.05) is 32.7 Å². The number of hydrogen-bond donors (Lipinski definition) is 10. The Balaban J connectivity index is 1.47. The van der Waals surface area contributed by atoms with Gasteiger partial charge >= 0.3 is 62.8 Å². The minimum absolute atomic E-state index is 0.00508. The maximum Gasteiger partial charge on any atom is 0.662 e. The number of aliphatic hydroxyl groups is 1. The van der Waals surface area contributed by atoms with Gasteiger partial charge in [-0.2, -0.15) is 0 Å². The van der Waals surface area contributed by atoms with E-state index in [1.165, 1.54) is 0 Å². The molecule has 30 heteroatoms. The standard InChI is InChI=1S/C11H29N3O19SSi7/c1-23-36(7-3-6-24-8-9(15)4-5-10-12-11(34)14-13-10)27-40(26-35(2,16)25-37(17,18)30-40)33-41(28-36)31-38(19,20)29-39(21,22)32-41/h9,15-22H,3-8H2,1-2H3,(H2,12,13,14,34). The van der Waals surface area contributed by atoms with E-state index in [1.807, 2.05) is 0 Å². The molecule has 0 aromatic carbocycles. The van der Waals surface area contributed by atoms with Gasteiger partial charge in [-0.25, -0.2) is 4.98 Å². The normalized spacial score (nSPS) is 34.6. The summed E-state index contributed by atoms with van der Waals surface area (Å²) >= 11 is 4.87. The van der Waals surface area contributed by atoms with Gasteiger partial charge in [-0.05, 0) is 25.1 Å². The smallest absolute Gasteiger partial charge is 0.391 e. The van der Waals surface area contributed by atoms with Gasteiger partial charge in [0.25, 0.3) is 0 Å². The average molecular weight is 736 g/mol. The van der Waals surface area contributed by atoms with Crippen LogP contribution in [0, 0.1) is 4.77 Å². The van der Waals surface area contributed by atoms with Gasteiger partial charge in [-0.3, -0.25) is 10.2 Å². The van der Waals surface area contributed by atoms with Crippen molar-refractivity contribution in [1.29, 1.82) is 0 Å². The third kappa shape index (κ3) is 9.08. The number of hydrogen-bond acceptors (Lipinski definition) is 21. The minimum Gasteiger partial charge on any atom is -0.391 e. The lowest BCUT2D eigenvalue weighted by Gasteiger charge is -2.52. The fraction of sp³-hybridized carbons (Fsp3) is 0.818. The maximum atomic E-state index is 10.5. The predicted octanol–water partition coefficient (Wildman–Crippen LogP) is -5.36. The van der Waals surface area contributed by atoms with Crippen LogP contribution in [0.25, 0.3) is 0 Å². The third-order valence-corrected chi connectivity index (χ3v) is 26.8. The van der Waals surface area contributed by atoms with Crippen molar-refractivity contribution in [2.45, 2.75) is 38.0 Å². The molecule has 2 spiro atoms. The van der Waals surface area contributed by atoms with Crippen molar-refractivity contribution in [3.63, 3.8) is 0 Å². The van der Waals surface area contributed by atoms with Gasteiger partial charge in [-0.15, -0.1) is 0 Å². The summed E-state index contributed by atoms with van der Waals surface area (Å²) in [6.07, 6.45) is -0.0553. The highest BCUT2D eigenvalue weighted by atomic mass is 32.1. The molecule has 3 aliphatic rings. The maximum absolute atomic E-state index is 10.5. The number of aliphatic hydroxyl groups excluding tert-OH is 1. The Morgan fingerprint density at radius 2 is 1.41 bits per heavy atom. The van der Waals surface area contributed by atoms with Crippen molar-refractivity contribution in [3.05, 3.63) is 10.6 Å². The molecular weight excluding hydrogens is 707 g/mol. The van der Waals surface area contributed by atoms with E-state index in [4.69, 9.17) is 54.3 Å². The lowest BCUT2D eigenvalue weighted by Crippen LogP contribution is -2.85. The summed E-state index contributed by atoms with van der Waals surface area (Å²) in [6, 6.07) is -0.205. The van der Waals surface area contributed by atoms with E-state index < -0.39 is 69.0 Å². The van der Waals surface area contributed by atoms with Crippen molar-refractivity contribution in [2.75, 3.05) is 20.3 Å². The van der Waals surface area contributed by atoms with Crippen LogP contribution in [0.1, 0.15) is 18.7 Å². The molecule has 4 heterocycles. The second-order valence-electron chi connectivity index (χ2n) is 8.83. The van der Waals surface area contributed by atoms with E-state index in [0.29, 0.717) is 18.7 Å². The van der Waals surface area contributed by atoms with Crippen LogP contribution in [0.4, 0.5) is 0 Å². The SMILES string of the molecule is CO[Si]1(CCCOCC(O)CCc2nc(=S)[nH][nH]2)O[Si]2(O[Si](C)(O)O[Si](O)(O)O2)O[Si]2(O[Si](O)(O)O[Si](O)(O)O2)O1. The lowest BCUT2D eigenvalue weighted by atomic mass is 10.2. The van der Waals surface area contributed by atoms with E-state index in [-0.39, 0.29) is 30.4 Å². The Morgan fingerprint density at radius 3 is 1.95 bits per heavy atom. The quantitative estimate of drug-likeness (QED) is 0.0609. The molecule has 0 bridgehead atoms. The fourth-order valence-electron chi connectivity index (χ4n) is 3.74. The number of aromatic nitrogens is 3. The van der Waals surface area contributed by atoms with Crippen molar-refractivity contribution < 1.29 is 84.9 Å². The van der Waals surface area contributed by atoms with Crippen LogP contribution >= 0.6 is 12.2 Å². The van der Waals surface area contributed by atoms with E-state index in [9.17, 15) is 38.7 Å². The Labute approximate surface area is 243 Å². The second kappa shape index (κ2) is 12.1. The summed E-state index contributed by atoms with van der Waals surface area (Å²) in [4.78, 5) is 75.3. The zero-order chi connectivity index (χ0) is 30.4. The highest BCUT2D eigenvalue weighted by Crippen LogP contribution is 2.43. The van der Waals surface area contributed by atoms with Crippen LogP contribution in [0.2, 0.25) is 12.6 Å². The molecule has 236 valence electrons. The van der Waals surface area contributed by atoms with E-state index in [2.05, 4.69) is 19.3 Å². The van der Waals surface area contributed by atoms with Gasteiger partial charge in [0.2, 0.25) is 4.77 Å². The highest BCUT2D eigenvalue weighted by Gasteiger charge is 2.83. The van der Waals surface area contributed by atoms with Gasteiger partial charge < -0.3 is 84.9 Å². The molecule has 3 saturated heterocycles. The zero-order valence-electron chi connectivity index (χ0n) is 21.2. The molecule has 0 radical (unpaired) electrons. The summed E-state index contributed by atoms with van der Waals surface area (Å²) in [5.41, 5.74) is 0. The molecule has 0 aliphatic carbocycles. The number of rotatable bonds is 10. The molecule has 4 rings (SSSR count). The molecular formula is C11H29N3O19SSi7. The van der Waals surface area contributed by atoms with Gasteiger partial charge in [0.1, 0.15) is 5.82 Å². The van der Waals surface area contributed by atoms with E-state index in [1.54, 1.807) is 0 Å². The molecule has 3 aliphatic heterocycles. The van der Waals surface area contributed by atoms with Crippen molar-refractivity contribution >= 4 is 75.1 Å². The molecule has 4 atom stereocenters. The summed E-state index contributed by atoms with van der Waals surface area (Å²) in [6.45, 7) is 0.908. The monoisotopic (exact) mass is 735 g/mol. The molecule has 3 fully saturated rings. The van der Waals surface area contributed by atoms with Gasteiger partial charge in [-0.1, -0.05) is 0 Å². The first kappa shape index (κ1) is 34.0. The molecule has 0 amide bonds. The summed E-state index contributed by atoms with van der Waals surface area (Å²) in [7, 11) is -34.0. The summed E-state index contributed by atoms with van der Waals surface area (Å²) in [5, 5.41) is 15.6. The number of nitrogens with zero attached hydrogens (tertiary/aromatic N) is 1. The summed E-state index contributed by atoms with van der Waals surface area (Å²) < 4.78 is 57.7. The van der Waals surface area contributed by atoms with E-state index in [0.717, 1.165) is 13.7 Å². The highest BCUT2D eigenvalue weighted by molar-refractivity contribution is 7.71. The Kier molecular flexibility index (Phi) is 10.1. The average Bonchev–Trinajstić information content (AvgIpc) is 3.17.